The van der Waals surface area contributed by atoms with Crippen LogP contribution in [0.15, 0.2) is 0 Å². The average Bonchev–Trinajstić information content (AvgIpc) is 2.60. The number of rotatable bonds is 18. The molecule has 0 aromatic carbocycles. The largest absolute Gasteiger partial charge is 1.00 e. The van der Waals surface area contributed by atoms with Crippen LogP contribution < -0.4 is 69.3 Å². The Balaban J connectivity index is -0.00000364. The van der Waals surface area contributed by atoms with E-state index in [0.717, 1.165) is 25.7 Å². The molecular formula is C19H34Na2O8S. The molecule has 0 saturated carbocycles. The second kappa shape index (κ2) is 19.3. The van der Waals surface area contributed by atoms with E-state index in [0.29, 0.717) is 6.42 Å². The summed E-state index contributed by atoms with van der Waals surface area (Å²) in [4.78, 5) is 22.6. The van der Waals surface area contributed by atoms with E-state index in [1.807, 2.05) is 0 Å². The van der Waals surface area contributed by atoms with Crippen LogP contribution in [0.4, 0.5) is 0 Å². The number of unbranched alkanes of at least 4 members (excludes halogenated alkanes) is 9. The van der Waals surface area contributed by atoms with Gasteiger partial charge >= 0.3 is 59.1 Å². The van der Waals surface area contributed by atoms with Crippen LogP contribution in [-0.2, 0) is 23.9 Å². The zero-order chi connectivity index (χ0) is 21.6. The molecule has 2 unspecified atom stereocenters. The number of aliphatic hydroxyl groups excluding tert-OH is 1. The summed E-state index contributed by atoms with van der Waals surface area (Å²) in [5.41, 5.74) is 0. The zero-order valence-electron chi connectivity index (χ0n) is 19.0. The van der Waals surface area contributed by atoms with E-state index >= 15 is 0 Å². The van der Waals surface area contributed by atoms with Crippen LogP contribution >= 0.6 is 0 Å². The third-order valence-corrected chi connectivity index (χ3v) is 6.75. The van der Waals surface area contributed by atoms with Crippen LogP contribution in [-0.4, -0.2) is 36.5 Å². The predicted molar refractivity (Wildman–Crippen MR) is 100 cm³/mol. The van der Waals surface area contributed by atoms with Crippen molar-refractivity contribution < 1.29 is 96.6 Å². The van der Waals surface area contributed by atoms with Crippen molar-refractivity contribution >= 4 is 22.1 Å². The van der Waals surface area contributed by atoms with E-state index in [4.69, 9.17) is 0 Å². The predicted octanol–water partition coefficient (Wildman–Crippen LogP) is -4.99. The number of hydrogen-bond donors (Lipinski definition) is 1. The quantitative estimate of drug-likeness (QED) is 0.0912. The molecule has 0 aliphatic heterocycles. The van der Waals surface area contributed by atoms with Gasteiger partial charge in [0, 0.05) is 12.4 Å². The minimum absolute atomic E-state index is 0. The maximum atomic E-state index is 12.4. The monoisotopic (exact) mass is 468 g/mol. The molecule has 0 bridgehead atoms. The number of carbonyl (C=O) groups excluding carboxylic acids is 2. The van der Waals surface area contributed by atoms with Gasteiger partial charge in [-0.05, 0) is 12.8 Å². The van der Waals surface area contributed by atoms with Gasteiger partial charge in [-0.3, -0.25) is 0 Å². The normalized spacial score (nSPS) is 14.1. The standard InChI is InChI=1S/C19H36O8S.2Na/c1-3-5-6-7-8-9-10-11-12-13-14-19(18(23)24,15-16(20)21)28(25,26)27-17(22)4-2;;/h17,22H,3-15H2,1-2H3,(H,20,21)(H,23,24);;/q;2*+1/p-2. The molecule has 11 heteroatoms. The smallest absolute Gasteiger partial charge is 0.550 e. The second-order valence-corrected chi connectivity index (χ2v) is 9.06. The van der Waals surface area contributed by atoms with Crippen molar-refractivity contribution in [2.45, 2.75) is 108 Å². The van der Waals surface area contributed by atoms with Gasteiger partial charge in [-0.25, -0.2) is 4.18 Å². The first kappa shape index (κ1) is 35.4. The van der Waals surface area contributed by atoms with Crippen molar-refractivity contribution in [2.24, 2.45) is 0 Å². The molecule has 0 aromatic rings. The summed E-state index contributed by atoms with van der Waals surface area (Å²) in [5, 5.41) is 32.1. The summed E-state index contributed by atoms with van der Waals surface area (Å²) in [6.45, 7) is 3.59. The first-order chi connectivity index (χ1) is 13.1. The summed E-state index contributed by atoms with van der Waals surface area (Å²) < 4.78 is 26.5. The van der Waals surface area contributed by atoms with E-state index < -0.39 is 45.9 Å². The van der Waals surface area contributed by atoms with E-state index in [1.165, 1.54) is 32.6 Å². The van der Waals surface area contributed by atoms with E-state index in [1.54, 1.807) is 0 Å². The van der Waals surface area contributed by atoms with E-state index in [2.05, 4.69) is 11.1 Å². The number of carboxylic acids is 2. The zero-order valence-corrected chi connectivity index (χ0v) is 23.8. The van der Waals surface area contributed by atoms with Crippen molar-refractivity contribution in [2.75, 3.05) is 0 Å². The van der Waals surface area contributed by atoms with Gasteiger partial charge in [-0.1, -0.05) is 78.1 Å². The van der Waals surface area contributed by atoms with Crippen molar-refractivity contribution in [1.82, 2.24) is 0 Å². The van der Waals surface area contributed by atoms with Crippen molar-refractivity contribution in [3.05, 3.63) is 0 Å². The van der Waals surface area contributed by atoms with Crippen LogP contribution in [0.2, 0.25) is 0 Å². The number of hydrogen-bond acceptors (Lipinski definition) is 8. The molecule has 2 atom stereocenters. The average molecular weight is 469 g/mol. The minimum atomic E-state index is -4.93. The molecule has 0 saturated heterocycles. The molecule has 0 heterocycles. The fraction of sp³-hybridized carbons (Fsp3) is 0.895. The third-order valence-electron chi connectivity index (χ3n) is 4.80. The van der Waals surface area contributed by atoms with Crippen LogP contribution in [0.25, 0.3) is 0 Å². The molecule has 8 nitrogen and oxygen atoms in total. The van der Waals surface area contributed by atoms with Crippen LogP contribution in [0.5, 0.6) is 0 Å². The summed E-state index contributed by atoms with van der Waals surface area (Å²) in [6.07, 6.45) is 5.87. The topological polar surface area (TPSA) is 144 Å². The van der Waals surface area contributed by atoms with Gasteiger partial charge in [0.2, 0.25) is 0 Å². The molecule has 0 rings (SSSR count). The van der Waals surface area contributed by atoms with Crippen molar-refractivity contribution in [1.29, 1.82) is 0 Å². The Morgan fingerprint density at radius 1 is 0.900 bits per heavy atom. The molecule has 0 amide bonds. The summed E-state index contributed by atoms with van der Waals surface area (Å²) in [5.74, 6) is -3.90. The van der Waals surface area contributed by atoms with Crippen LogP contribution in [0, 0.1) is 0 Å². The Morgan fingerprint density at radius 3 is 1.70 bits per heavy atom. The van der Waals surface area contributed by atoms with Gasteiger partial charge in [0.1, 0.15) is 4.75 Å². The Kier molecular flexibility index (Phi) is 22.8. The molecule has 0 aliphatic carbocycles. The summed E-state index contributed by atoms with van der Waals surface area (Å²) >= 11 is 0. The molecular weight excluding hydrogens is 434 g/mol. The van der Waals surface area contributed by atoms with Gasteiger partial charge in [0.25, 0.3) is 10.1 Å². The number of aliphatic hydroxyl groups is 1. The molecule has 1 N–H and O–H groups in total. The Hall–Kier alpha value is 0.810. The van der Waals surface area contributed by atoms with Gasteiger partial charge < -0.3 is 24.9 Å². The Morgan fingerprint density at radius 2 is 1.33 bits per heavy atom. The maximum Gasteiger partial charge on any atom is 1.00 e. The van der Waals surface area contributed by atoms with Gasteiger partial charge in [0.15, 0.2) is 6.29 Å². The second-order valence-electron chi connectivity index (χ2n) is 7.18. The molecule has 0 fully saturated rings. The van der Waals surface area contributed by atoms with E-state index in [9.17, 15) is 33.3 Å². The molecule has 0 aliphatic rings. The SMILES string of the molecule is CCCCCCCCCCCCC(CC(=O)[O-])(C(=O)[O-])S(=O)(=O)OC(O)CC.[Na+].[Na+]. The summed E-state index contributed by atoms with van der Waals surface area (Å²) in [6, 6.07) is 0. The van der Waals surface area contributed by atoms with E-state index in [-0.39, 0.29) is 72.0 Å². The van der Waals surface area contributed by atoms with Crippen molar-refractivity contribution in [3.63, 3.8) is 0 Å². The minimum Gasteiger partial charge on any atom is -0.550 e. The molecule has 30 heavy (non-hydrogen) atoms. The molecule has 0 aromatic heterocycles. The fourth-order valence-electron chi connectivity index (χ4n) is 3.02. The number of aliphatic carboxylic acids is 2. The first-order valence-corrected chi connectivity index (χ1v) is 11.6. The molecule has 0 spiro atoms. The Labute approximate surface area is 225 Å². The number of carbonyl (C=O) groups is 2. The fourth-order valence-corrected chi connectivity index (χ4v) is 4.52. The maximum absolute atomic E-state index is 12.4. The Bertz CT molecular complexity index is 571. The van der Waals surface area contributed by atoms with Gasteiger partial charge in [0.05, 0.1) is 5.97 Å². The molecule has 0 radical (unpaired) electrons. The van der Waals surface area contributed by atoms with Crippen molar-refractivity contribution in [3.8, 4) is 0 Å². The first-order valence-electron chi connectivity index (χ1n) is 10.1. The summed E-state index contributed by atoms with van der Waals surface area (Å²) in [7, 11) is -4.93. The van der Waals surface area contributed by atoms with Crippen LogP contribution in [0.1, 0.15) is 97.3 Å². The molecule has 166 valence electrons. The third kappa shape index (κ3) is 13.4. The van der Waals surface area contributed by atoms with Crippen LogP contribution in [0.3, 0.4) is 0 Å². The van der Waals surface area contributed by atoms with Gasteiger partial charge in [-0.15, -0.1) is 0 Å². The number of carboxylic acid groups (broad SMARTS) is 2. The van der Waals surface area contributed by atoms with Gasteiger partial charge in [-0.2, -0.15) is 8.42 Å².